The quantitative estimate of drug-likeness (QED) is 0.441. The largest absolute Gasteiger partial charge is 0.383 e. The van der Waals surface area contributed by atoms with Gasteiger partial charge in [-0.25, -0.2) is 9.37 Å². The van der Waals surface area contributed by atoms with Crippen LogP contribution in [0.4, 0.5) is 10.2 Å². The van der Waals surface area contributed by atoms with Crippen LogP contribution in [-0.4, -0.2) is 66.1 Å². The van der Waals surface area contributed by atoms with E-state index in [1.54, 1.807) is 0 Å². The molecular formula is C31H38FN5O2. The third kappa shape index (κ3) is 6.64. The molecule has 2 aliphatic rings. The van der Waals surface area contributed by atoms with E-state index in [0.29, 0.717) is 12.6 Å². The number of benzene rings is 2. The molecule has 0 radical (unpaired) electrons. The Morgan fingerprint density at radius 2 is 1.74 bits per heavy atom. The summed E-state index contributed by atoms with van der Waals surface area (Å²) < 4.78 is 19.7. The van der Waals surface area contributed by atoms with E-state index in [1.165, 1.54) is 16.7 Å². The first kappa shape index (κ1) is 27.2. The Hall–Kier alpha value is -3.33. The Labute approximate surface area is 230 Å². The molecule has 1 aliphatic carbocycles. The van der Waals surface area contributed by atoms with Crippen molar-refractivity contribution < 1.29 is 13.9 Å². The van der Waals surface area contributed by atoms with Gasteiger partial charge >= 0.3 is 0 Å². The van der Waals surface area contributed by atoms with Crippen molar-refractivity contribution in [2.75, 3.05) is 39.0 Å². The van der Waals surface area contributed by atoms with Gasteiger partial charge in [-0.1, -0.05) is 48.5 Å². The van der Waals surface area contributed by atoms with Gasteiger partial charge in [-0.3, -0.25) is 9.69 Å². The normalized spacial score (nSPS) is 21.1. The highest BCUT2D eigenvalue weighted by Crippen LogP contribution is 2.27. The molecule has 2 fully saturated rings. The van der Waals surface area contributed by atoms with Crippen LogP contribution in [0.25, 0.3) is 11.1 Å². The number of rotatable bonds is 8. The fourth-order valence-corrected chi connectivity index (χ4v) is 5.54. The Balaban J connectivity index is 1.14. The van der Waals surface area contributed by atoms with Gasteiger partial charge in [-0.05, 0) is 61.6 Å². The summed E-state index contributed by atoms with van der Waals surface area (Å²) in [7, 11) is 2.19. The molecule has 206 valence electrons. The molecule has 0 spiro atoms. The molecule has 3 atom stereocenters. The highest BCUT2D eigenvalue weighted by atomic mass is 19.1. The maximum atomic E-state index is 13.5. The molecule has 2 unspecified atom stereocenters. The predicted octanol–water partition coefficient (Wildman–Crippen LogP) is 4.65. The molecule has 1 aromatic heterocycles. The van der Waals surface area contributed by atoms with Crippen molar-refractivity contribution in [2.45, 2.75) is 51.0 Å². The summed E-state index contributed by atoms with van der Waals surface area (Å²) in [6.07, 6.45) is 3.52. The van der Waals surface area contributed by atoms with E-state index in [-0.39, 0.29) is 23.5 Å². The van der Waals surface area contributed by atoms with Gasteiger partial charge < -0.3 is 20.7 Å². The molecule has 39 heavy (non-hydrogen) atoms. The van der Waals surface area contributed by atoms with Gasteiger partial charge in [0.15, 0.2) is 0 Å². The third-order valence-electron chi connectivity index (χ3n) is 8.13. The van der Waals surface area contributed by atoms with E-state index in [2.05, 4.69) is 82.6 Å². The number of nitrogens with zero attached hydrogens (tertiary/aromatic N) is 3. The lowest BCUT2D eigenvalue weighted by molar-refractivity contribution is 0.0272. The Bertz CT molecular complexity index is 1260. The molecule has 0 bridgehead atoms. The molecule has 7 nitrogen and oxygen atoms in total. The Kier molecular flexibility index (Phi) is 8.55. The number of aromatic nitrogens is 1. The summed E-state index contributed by atoms with van der Waals surface area (Å²) in [5, 5.41) is 2.96. The highest BCUT2D eigenvalue weighted by Gasteiger charge is 2.30. The minimum Gasteiger partial charge on any atom is -0.383 e. The topological polar surface area (TPSA) is 83.7 Å². The average molecular weight is 532 g/mol. The van der Waals surface area contributed by atoms with Crippen LogP contribution in [0, 0.1) is 5.82 Å². The van der Waals surface area contributed by atoms with E-state index >= 15 is 0 Å². The van der Waals surface area contributed by atoms with Crippen molar-refractivity contribution in [3.63, 3.8) is 0 Å². The number of hydrogen-bond donors (Lipinski definition) is 2. The van der Waals surface area contributed by atoms with Crippen molar-refractivity contribution in [1.29, 1.82) is 0 Å². The first-order chi connectivity index (χ1) is 18.9. The number of amides is 1. The van der Waals surface area contributed by atoms with Gasteiger partial charge in [0.05, 0.1) is 30.5 Å². The number of pyridine rings is 1. The number of piperazine rings is 1. The second kappa shape index (κ2) is 12.2. The number of nitrogens with two attached hydrogens (primary N) is 1. The molecule has 3 aromatic rings. The summed E-state index contributed by atoms with van der Waals surface area (Å²) >= 11 is 0. The average Bonchev–Trinajstić information content (AvgIpc) is 3.40. The lowest BCUT2D eigenvalue weighted by Gasteiger charge is -2.36. The van der Waals surface area contributed by atoms with E-state index in [9.17, 15) is 9.18 Å². The molecule has 3 N–H and O–H groups in total. The Morgan fingerprint density at radius 1 is 1.08 bits per heavy atom. The van der Waals surface area contributed by atoms with E-state index in [4.69, 9.17) is 10.5 Å². The monoisotopic (exact) mass is 531 g/mol. The van der Waals surface area contributed by atoms with Crippen LogP contribution < -0.4 is 11.1 Å². The van der Waals surface area contributed by atoms with Crippen LogP contribution in [0.2, 0.25) is 0 Å². The van der Waals surface area contributed by atoms with E-state index < -0.39 is 11.7 Å². The van der Waals surface area contributed by atoms with Gasteiger partial charge in [0, 0.05) is 32.2 Å². The van der Waals surface area contributed by atoms with Crippen LogP contribution in [0.15, 0.2) is 60.8 Å². The molecule has 1 saturated carbocycles. The number of likely N-dealkylation sites (N-methyl/N-ethyl adjacent to an activating group) is 1. The summed E-state index contributed by atoms with van der Waals surface area (Å²) in [5.41, 5.74) is 10.6. The summed E-state index contributed by atoms with van der Waals surface area (Å²) in [6, 6.07) is 18.7. The molecule has 8 heteroatoms. The molecule has 5 rings (SSSR count). The zero-order valence-corrected chi connectivity index (χ0v) is 22.8. The lowest BCUT2D eigenvalue weighted by atomic mass is 9.99. The van der Waals surface area contributed by atoms with Crippen molar-refractivity contribution in [2.24, 2.45) is 0 Å². The van der Waals surface area contributed by atoms with Crippen LogP contribution in [-0.2, 0) is 11.3 Å². The number of hydrogen-bond acceptors (Lipinski definition) is 6. The van der Waals surface area contributed by atoms with Gasteiger partial charge in [0.2, 0.25) is 0 Å². The maximum Gasteiger partial charge on any atom is 0.255 e. The summed E-state index contributed by atoms with van der Waals surface area (Å²) in [5.74, 6) is -0.995. The van der Waals surface area contributed by atoms with Crippen molar-refractivity contribution >= 4 is 11.7 Å². The van der Waals surface area contributed by atoms with E-state index in [1.807, 2.05) is 0 Å². The lowest BCUT2D eigenvalue weighted by Crippen LogP contribution is -2.45. The number of ether oxygens (including phenoxy) is 1. The fourth-order valence-electron chi connectivity index (χ4n) is 5.54. The number of halogens is 1. The van der Waals surface area contributed by atoms with Crippen molar-refractivity contribution in [3.05, 3.63) is 83.3 Å². The van der Waals surface area contributed by atoms with Gasteiger partial charge in [0.25, 0.3) is 5.91 Å². The van der Waals surface area contributed by atoms with Gasteiger partial charge in [0.1, 0.15) is 11.6 Å². The SMILES string of the molecule is CC(c1ccc(-c2ccc(COC3CCC[C@@H]3NC(=O)c3cc(F)cnc3N)cc2)cc1)N1CCN(C)CC1. The number of nitrogens with one attached hydrogen (secondary N) is 1. The first-order valence-corrected chi connectivity index (χ1v) is 13.8. The first-order valence-electron chi connectivity index (χ1n) is 13.8. The fraction of sp³-hybridized carbons (Fsp3) is 0.419. The van der Waals surface area contributed by atoms with Crippen LogP contribution >= 0.6 is 0 Å². The predicted molar refractivity (Wildman–Crippen MR) is 152 cm³/mol. The minimum atomic E-state index is -0.590. The molecular weight excluding hydrogens is 493 g/mol. The Morgan fingerprint density at radius 3 is 2.44 bits per heavy atom. The molecule has 2 heterocycles. The zero-order chi connectivity index (χ0) is 27.4. The zero-order valence-electron chi connectivity index (χ0n) is 22.8. The van der Waals surface area contributed by atoms with E-state index in [0.717, 1.165) is 63.3 Å². The van der Waals surface area contributed by atoms with Crippen LogP contribution in [0.1, 0.15) is 53.7 Å². The second-order valence-corrected chi connectivity index (χ2v) is 10.8. The summed E-state index contributed by atoms with van der Waals surface area (Å²) in [4.78, 5) is 21.3. The van der Waals surface area contributed by atoms with Crippen LogP contribution in [0.3, 0.4) is 0 Å². The summed E-state index contributed by atoms with van der Waals surface area (Å²) in [6.45, 7) is 7.21. The minimum absolute atomic E-state index is 0.0173. The number of nitrogen functional groups attached to an aromatic ring is 1. The number of anilines is 1. The van der Waals surface area contributed by atoms with Crippen molar-refractivity contribution in [3.8, 4) is 11.1 Å². The number of carbonyl (C=O) groups is 1. The highest BCUT2D eigenvalue weighted by molar-refractivity contribution is 5.98. The van der Waals surface area contributed by atoms with Gasteiger partial charge in [-0.15, -0.1) is 0 Å². The van der Waals surface area contributed by atoms with Gasteiger partial charge in [-0.2, -0.15) is 0 Å². The molecule has 1 saturated heterocycles. The molecule has 1 amide bonds. The third-order valence-corrected chi connectivity index (χ3v) is 8.13. The smallest absolute Gasteiger partial charge is 0.255 e. The molecule has 1 aliphatic heterocycles. The second-order valence-electron chi connectivity index (χ2n) is 10.8. The standard InChI is InChI=1S/C31H38FN5O2/c1-21(37-16-14-36(2)15-17-37)23-10-12-25(13-11-23)24-8-6-22(7-9-24)20-39-29-5-3-4-28(29)35-31(38)27-18-26(32)19-34-30(27)33/h6-13,18-19,21,28-29H,3-5,14-17,20H2,1-2H3,(H2,33,34)(H,35,38)/t21?,28-,29?/m0/s1. The van der Waals surface area contributed by atoms with Crippen molar-refractivity contribution in [1.82, 2.24) is 20.1 Å². The maximum absolute atomic E-state index is 13.5. The van der Waals surface area contributed by atoms with Crippen LogP contribution in [0.5, 0.6) is 0 Å². The molecule has 2 aromatic carbocycles. The number of carbonyl (C=O) groups excluding carboxylic acids is 1.